The summed E-state index contributed by atoms with van der Waals surface area (Å²) >= 11 is 0. The molecular weight excluding hydrogens is 350 g/mol. The van der Waals surface area contributed by atoms with E-state index in [4.69, 9.17) is 5.73 Å². The fraction of sp³-hybridized carbons (Fsp3) is 0.520. The van der Waals surface area contributed by atoms with E-state index in [0.717, 1.165) is 12.8 Å². The van der Waals surface area contributed by atoms with E-state index in [0.29, 0.717) is 0 Å². The number of halogens is 1. The molecule has 0 spiro atoms. The standard InChI is InChI=1S/C25H37N.ClH/c1-3-5-6-7-8-9-16-21-24(26)25(4-2,22-17-12-10-13-18-22)23-19-14-11-15-20-23;/h10-15,17-20,24H,3-9,16,21,26H2,1-2H3;1H. The number of unbranched alkanes of at least 4 members (excludes halogenated alkanes) is 6. The molecule has 2 heteroatoms. The van der Waals surface area contributed by atoms with Crippen molar-refractivity contribution < 1.29 is 0 Å². The highest BCUT2D eigenvalue weighted by Gasteiger charge is 2.38. The zero-order valence-corrected chi connectivity index (χ0v) is 18.0. The fourth-order valence-corrected chi connectivity index (χ4v) is 4.30. The Bertz CT molecular complexity index is 557. The molecule has 0 bridgehead atoms. The van der Waals surface area contributed by atoms with Crippen LogP contribution in [-0.2, 0) is 5.41 Å². The van der Waals surface area contributed by atoms with Crippen molar-refractivity contribution in [3.05, 3.63) is 71.8 Å². The van der Waals surface area contributed by atoms with Crippen LogP contribution in [0.4, 0.5) is 0 Å². The van der Waals surface area contributed by atoms with Crippen LogP contribution in [0, 0.1) is 0 Å². The molecule has 0 heterocycles. The minimum absolute atomic E-state index is 0. The molecule has 1 nitrogen and oxygen atoms in total. The first-order chi connectivity index (χ1) is 12.8. The van der Waals surface area contributed by atoms with Crippen molar-refractivity contribution in [2.24, 2.45) is 5.73 Å². The predicted molar refractivity (Wildman–Crippen MR) is 122 cm³/mol. The van der Waals surface area contributed by atoms with Gasteiger partial charge in [-0.3, -0.25) is 0 Å². The SMILES string of the molecule is CCCCCCCCCC(N)C(CC)(c1ccccc1)c1ccccc1.Cl. The molecule has 0 saturated carbocycles. The van der Waals surface area contributed by atoms with Gasteiger partial charge in [0.05, 0.1) is 0 Å². The first kappa shape index (κ1) is 23.7. The van der Waals surface area contributed by atoms with Crippen LogP contribution in [-0.4, -0.2) is 6.04 Å². The van der Waals surface area contributed by atoms with Crippen molar-refractivity contribution >= 4 is 12.4 Å². The summed E-state index contributed by atoms with van der Waals surface area (Å²) in [7, 11) is 0. The topological polar surface area (TPSA) is 26.0 Å². The van der Waals surface area contributed by atoms with Crippen molar-refractivity contribution in [3.63, 3.8) is 0 Å². The smallest absolute Gasteiger partial charge is 0.0351 e. The molecular formula is C25H38ClN. The molecule has 2 N–H and O–H groups in total. The Morgan fingerprint density at radius 1 is 0.704 bits per heavy atom. The van der Waals surface area contributed by atoms with Crippen LogP contribution < -0.4 is 5.73 Å². The largest absolute Gasteiger partial charge is 0.327 e. The van der Waals surface area contributed by atoms with Gasteiger partial charge in [0.15, 0.2) is 0 Å². The molecule has 1 unspecified atom stereocenters. The van der Waals surface area contributed by atoms with Crippen molar-refractivity contribution in [2.45, 2.75) is 83.1 Å². The average molecular weight is 388 g/mol. The number of nitrogens with two attached hydrogens (primary N) is 1. The highest BCUT2D eigenvalue weighted by Crippen LogP contribution is 2.39. The van der Waals surface area contributed by atoms with Gasteiger partial charge < -0.3 is 5.73 Å². The summed E-state index contributed by atoms with van der Waals surface area (Å²) < 4.78 is 0. The Kier molecular flexibility index (Phi) is 11.4. The first-order valence-corrected chi connectivity index (χ1v) is 10.6. The lowest BCUT2D eigenvalue weighted by atomic mass is 9.66. The first-order valence-electron chi connectivity index (χ1n) is 10.6. The molecule has 1 atom stereocenters. The van der Waals surface area contributed by atoms with Crippen LogP contribution in [0.3, 0.4) is 0 Å². The van der Waals surface area contributed by atoms with E-state index in [1.807, 2.05) is 0 Å². The van der Waals surface area contributed by atoms with Gasteiger partial charge in [0.1, 0.15) is 0 Å². The second-order valence-corrected chi connectivity index (χ2v) is 7.57. The Morgan fingerprint density at radius 2 is 1.15 bits per heavy atom. The van der Waals surface area contributed by atoms with Gasteiger partial charge in [-0.15, -0.1) is 12.4 Å². The minimum atomic E-state index is -0.0925. The maximum atomic E-state index is 6.89. The molecule has 2 aromatic carbocycles. The van der Waals surface area contributed by atoms with Gasteiger partial charge in [-0.1, -0.05) is 119 Å². The number of hydrogen-bond acceptors (Lipinski definition) is 1. The quantitative estimate of drug-likeness (QED) is 0.380. The van der Waals surface area contributed by atoms with E-state index in [9.17, 15) is 0 Å². The Hall–Kier alpha value is -1.31. The van der Waals surface area contributed by atoms with Crippen LogP contribution in [0.2, 0.25) is 0 Å². The van der Waals surface area contributed by atoms with Crippen LogP contribution >= 0.6 is 12.4 Å². The zero-order chi connectivity index (χ0) is 18.7. The summed E-state index contributed by atoms with van der Waals surface area (Å²) in [6.45, 7) is 4.56. The van der Waals surface area contributed by atoms with Gasteiger partial charge in [0, 0.05) is 11.5 Å². The van der Waals surface area contributed by atoms with Crippen LogP contribution in [0.25, 0.3) is 0 Å². The van der Waals surface area contributed by atoms with Crippen molar-refractivity contribution in [1.82, 2.24) is 0 Å². The highest BCUT2D eigenvalue weighted by atomic mass is 35.5. The normalized spacial score (nSPS) is 12.4. The van der Waals surface area contributed by atoms with Crippen LogP contribution in [0.15, 0.2) is 60.7 Å². The van der Waals surface area contributed by atoms with E-state index in [2.05, 4.69) is 74.5 Å². The number of rotatable bonds is 12. The third-order valence-electron chi connectivity index (χ3n) is 5.89. The molecule has 150 valence electrons. The van der Waals surface area contributed by atoms with Crippen LogP contribution in [0.5, 0.6) is 0 Å². The third kappa shape index (κ3) is 6.36. The van der Waals surface area contributed by atoms with Gasteiger partial charge in [0.25, 0.3) is 0 Å². The monoisotopic (exact) mass is 387 g/mol. The lowest BCUT2D eigenvalue weighted by molar-refractivity contribution is 0.363. The van der Waals surface area contributed by atoms with Gasteiger partial charge in [-0.2, -0.15) is 0 Å². The molecule has 0 amide bonds. The molecule has 0 saturated heterocycles. The van der Waals surface area contributed by atoms with E-state index in [-0.39, 0.29) is 23.9 Å². The number of benzene rings is 2. The molecule has 0 radical (unpaired) electrons. The Balaban J connectivity index is 0.00000364. The van der Waals surface area contributed by atoms with Crippen molar-refractivity contribution in [1.29, 1.82) is 0 Å². The maximum absolute atomic E-state index is 6.89. The molecule has 0 aliphatic rings. The highest BCUT2D eigenvalue weighted by molar-refractivity contribution is 5.85. The van der Waals surface area contributed by atoms with Crippen molar-refractivity contribution in [2.75, 3.05) is 0 Å². The molecule has 0 aliphatic heterocycles. The van der Waals surface area contributed by atoms with E-state index in [1.54, 1.807) is 0 Å². The molecule has 2 aromatic rings. The molecule has 0 fully saturated rings. The Morgan fingerprint density at radius 3 is 1.59 bits per heavy atom. The average Bonchev–Trinajstić information content (AvgIpc) is 2.70. The predicted octanol–water partition coefficient (Wildman–Crippen LogP) is 7.27. The minimum Gasteiger partial charge on any atom is -0.327 e. The second kappa shape index (κ2) is 13.0. The third-order valence-corrected chi connectivity index (χ3v) is 5.89. The lowest BCUT2D eigenvalue weighted by Crippen LogP contribution is -2.46. The van der Waals surface area contributed by atoms with Gasteiger partial charge in [-0.25, -0.2) is 0 Å². The molecule has 27 heavy (non-hydrogen) atoms. The van der Waals surface area contributed by atoms with Gasteiger partial charge in [-0.05, 0) is 24.0 Å². The van der Waals surface area contributed by atoms with Crippen LogP contribution in [0.1, 0.15) is 82.8 Å². The fourth-order valence-electron chi connectivity index (χ4n) is 4.30. The lowest BCUT2D eigenvalue weighted by Gasteiger charge is -2.40. The molecule has 0 aliphatic carbocycles. The number of hydrogen-bond donors (Lipinski definition) is 1. The van der Waals surface area contributed by atoms with Gasteiger partial charge in [0.2, 0.25) is 0 Å². The zero-order valence-electron chi connectivity index (χ0n) is 17.2. The summed E-state index contributed by atoms with van der Waals surface area (Å²) in [5, 5.41) is 0. The Labute approximate surface area is 173 Å². The maximum Gasteiger partial charge on any atom is 0.0351 e. The van der Waals surface area contributed by atoms with Crippen molar-refractivity contribution in [3.8, 4) is 0 Å². The van der Waals surface area contributed by atoms with E-state index >= 15 is 0 Å². The summed E-state index contributed by atoms with van der Waals surface area (Å²) in [5.74, 6) is 0. The second-order valence-electron chi connectivity index (χ2n) is 7.57. The summed E-state index contributed by atoms with van der Waals surface area (Å²) in [6, 6.07) is 21.9. The summed E-state index contributed by atoms with van der Waals surface area (Å²) in [6.07, 6.45) is 11.5. The molecule has 2 rings (SSSR count). The summed E-state index contributed by atoms with van der Waals surface area (Å²) in [4.78, 5) is 0. The van der Waals surface area contributed by atoms with E-state index < -0.39 is 0 Å². The van der Waals surface area contributed by atoms with Gasteiger partial charge >= 0.3 is 0 Å². The summed E-state index contributed by atoms with van der Waals surface area (Å²) in [5.41, 5.74) is 9.50. The van der Waals surface area contributed by atoms with E-state index in [1.165, 1.54) is 56.1 Å². The molecule has 0 aromatic heterocycles.